The van der Waals surface area contributed by atoms with Gasteiger partial charge in [-0.2, -0.15) is 4.31 Å². The lowest BCUT2D eigenvalue weighted by Crippen LogP contribution is -2.26. The molecule has 2 rings (SSSR count). The monoisotopic (exact) mass is 286 g/mol. The summed E-state index contributed by atoms with van der Waals surface area (Å²) < 4.78 is 26.0. The highest BCUT2D eigenvalue weighted by Crippen LogP contribution is 2.25. The van der Waals surface area contributed by atoms with Gasteiger partial charge in [0.1, 0.15) is 4.21 Å². The molecule has 0 bridgehead atoms. The molecular weight excluding hydrogens is 268 g/mol. The summed E-state index contributed by atoms with van der Waals surface area (Å²) in [4.78, 5) is 1.06. The molecule has 100 valence electrons. The van der Waals surface area contributed by atoms with Gasteiger partial charge in [-0.1, -0.05) is 6.08 Å². The van der Waals surface area contributed by atoms with Crippen LogP contribution in [0, 0.1) is 0 Å². The smallest absolute Gasteiger partial charge is 0.252 e. The lowest BCUT2D eigenvalue weighted by molar-refractivity contribution is 0.501. The van der Waals surface area contributed by atoms with Gasteiger partial charge in [0, 0.05) is 31.1 Å². The number of likely N-dealkylation sites (N-methyl/N-ethyl adjacent to an activating group) is 1. The Labute approximate surface area is 112 Å². The summed E-state index contributed by atoms with van der Waals surface area (Å²) in [7, 11) is -1.78. The largest absolute Gasteiger partial charge is 0.309 e. The fraction of sp³-hybridized carbons (Fsp3) is 0.500. The first-order valence-corrected chi connectivity index (χ1v) is 8.19. The van der Waals surface area contributed by atoms with Crippen molar-refractivity contribution in [2.24, 2.45) is 0 Å². The van der Waals surface area contributed by atoms with Gasteiger partial charge >= 0.3 is 0 Å². The van der Waals surface area contributed by atoms with Gasteiger partial charge in [0.25, 0.3) is 10.0 Å². The fourth-order valence-electron chi connectivity index (χ4n) is 1.56. The Kier molecular flexibility index (Phi) is 4.21. The SMILES string of the molecule is C=CCN(C)S(=O)(=O)c1ccc(CNC2CC2)s1. The van der Waals surface area contributed by atoms with Crippen molar-refractivity contribution in [3.05, 3.63) is 29.7 Å². The van der Waals surface area contributed by atoms with E-state index in [1.165, 1.54) is 28.5 Å². The van der Waals surface area contributed by atoms with E-state index >= 15 is 0 Å². The Balaban J connectivity index is 2.05. The molecule has 1 aromatic heterocycles. The zero-order valence-corrected chi connectivity index (χ0v) is 12.1. The molecule has 0 saturated heterocycles. The molecule has 0 atom stereocenters. The molecule has 0 radical (unpaired) electrons. The number of hydrogen-bond donors (Lipinski definition) is 1. The molecule has 1 N–H and O–H groups in total. The average Bonchev–Trinajstić information content (AvgIpc) is 3.03. The van der Waals surface area contributed by atoms with Crippen LogP contribution in [0.3, 0.4) is 0 Å². The minimum Gasteiger partial charge on any atom is -0.309 e. The highest BCUT2D eigenvalue weighted by atomic mass is 32.2. The van der Waals surface area contributed by atoms with Crippen LogP contribution in [-0.2, 0) is 16.6 Å². The minimum absolute atomic E-state index is 0.329. The summed E-state index contributed by atoms with van der Waals surface area (Å²) >= 11 is 1.34. The first-order chi connectivity index (χ1) is 8.54. The van der Waals surface area contributed by atoms with Crippen molar-refractivity contribution in [3.63, 3.8) is 0 Å². The Hall–Kier alpha value is -0.690. The first kappa shape index (κ1) is 13.7. The summed E-state index contributed by atoms with van der Waals surface area (Å²) in [5.74, 6) is 0. The molecule has 0 spiro atoms. The Morgan fingerprint density at radius 3 is 2.89 bits per heavy atom. The van der Waals surface area contributed by atoms with Crippen molar-refractivity contribution < 1.29 is 8.42 Å². The Morgan fingerprint density at radius 1 is 1.56 bits per heavy atom. The maximum atomic E-state index is 12.2. The van der Waals surface area contributed by atoms with E-state index in [2.05, 4.69) is 11.9 Å². The third-order valence-corrected chi connectivity index (χ3v) is 6.21. The molecule has 0 aromatic carbocycles. The molecular formula is C12H18N2O2S2. The number of nitrogens with zero attached hydrogens (tertiary/aromatic N) is 1. The molecule has 1 aromatic rings. The van der Waals surface area contributed by atoms with Crippen molar-refractivity contribution >= 4 is 21.4 Å². The summed E-state index contributed by atoms with van der Waals surface area (Å²) in [5.41, 5.74) is 0. The molecule has 4 nitrogen and oxygen atoms in total. The third-order valence-electron chi connectivity index (χ3n) is 2.83. The summed E-state index contributed by atoms with van der Waals surface area (Å²) in [6.45, 7) is 4.65. The van der Waals surface area contributed by atoms with Crippen LogP contribution in [0.4, 0.5) is 0 Å². The molecule has 1 heterocycles. The highest BCUT2D eigenvalue weighted by molar-refractivity contribution is 7.91. The van der Waals surface area contributed by atoms with E-state index < -0.39 is 10.0 Å². The van der Waals surface area contributed by atoms with Gasteiger partial charge in [-0.25, -0.2) is 8.42 Å². The lowest BCUT2D eigenvalue weighted by Gasteiger charge is -2.13. The number of nitrogens with one attached hydrogen (secondary N) is 1. The molecule has 0 unspecified atom stereocenters. The van der Waals surface area contributed by atoms with Crippen LogP contribution in [0.1, 0.15) is 17.7 Å². The van der Waals surface area contributed by atoms with E-state index in [1.807, 2.05) is 6.07 Å². The first-order valence-electron chi connectivity index (χ1n) is 5.93. The van der Waals surface area contributed by atoms with Crippen LogP contribution in [-0.4, -0.2) is 32.4 Å². The Bertz CT molecular complexity index is 518. The van der Waals surface area contributed by atoms with Crippen LogP contribution in [0.15, 0.2) is 29.0 Å². The number of sulfonamides is 1. The molecule has 6 heteroatoms. The third kappa shape index (κ3) is 3.20. The predicted molar refractivity (Wildman–Crippen MR) is 74.2 cm³/mol. The van der Waals surface area contributed by atoms with Gasteiger partial charge in [-0.15, -0.1) is 17.9 Å². The lowest BCUT2D eigenvalue weighted by atomic mass is 10.4. The number of thiophene rings is 1. The quantitative estimate of drug-likeness (QED) is 0.778. The summed E-state index contributed by atoms with van der Waals surface area (Å²) in [5, 5.41) is 3.38. The van der Waals surface area contributed by atoms with Crippen molar-refractivity contribution in [3.8, 4) is 0 Å². The fourth-order valence-corrected chi connectivity index (χ4v) is 4.22. The maximum Gasteiger partial charge on any atom is 0.252 e. The second-order valence-electron chi connectivity index (χ2n) is 4.45. The summed E-state index contributed by atoms with van der Waals surface area (Å²) in [6.07, 6.45) is 4.05. The normalized spacial score (nSPS) is 16.1. The van der Waals surface area contributed by atoms with Crippen molar-refractivity contribution in [1.29, 1.82) is 0 Å². The predicted octanol–water partition coefficient (Wildman–Crippen LogP) is 1.81. The summed E-state index contributed by atoms with van der Waals surface area (Å²) in [6, 6.07) is 4.20. The maximum absolute atomic E-state index is 12.2. The van der Waals surface area contributed by atoms with E-state index in [0.29, 0.717) is 16.8 Å². The molecule has 18 heavy (non-hydrogen) atoms. The molecule has 1 saturated carbocycles. The van der Waals surface area contributed by atoms with Crippen LogP contribution < -0.4 is 5.32 Å². The van der Waals surface area contributed by atoms with Gasteiger partial charge in [-0.05, 0) is 25.0 Å². The van der Waals surface area contributed by atoms with Gasteiger partial charge in [0.05, 0.1) is 0 Å². The second-order valence-corrected chi connectivity index (χ2v) is 7.89. The molecule has 0 amide bonds. The van der Waals surface area contributed by atoms with Crippen LogP contribution in [0.2, 0.25) is 0 Å². The molecule has 1 fully saturated rings. The van der Waals surface area contributed by atoms with Gasteiger partial charge in [-0.3, -0.25) is 0 Å². The van der Waals surface area contributed by atoms with E-state index in [4.69, 9.17) is 0 Å². The molecule has 1 aliphatic rings. The van der Waals surface area contributed by atoms with E-state index in [0.717, 1.165) is 11.4 Å². The zero-order valence-electron chi connectivity index (χ0n) is 10.4. The molecule has 1 aliphatic carbocycles. The van der Waals surface area contributed by atoms with Crippen molar-refractivity contribution in [2.75, 3.05) is 13.6 Å². The van der Waals surface area contributed by atoms with Gasteiger partial charge in [0.15, 0.2) is 0 Å². The topological polar surface area (TPSA) is 49.4 Å². The van der Waals surface area contributed by atoms with Crippen LogP contribution in [0.25, 0.3) is 0 Å². The van der Waals surface area contributed by atoms with E-state index in [-0.39, 0.29) is 0 Å². The van der Waals surface area contributed by atoms with Crippen LogP contribution >= 0.6 is 11.3 Å². The van der Waals surface area contributed by atoms with E-state index in [1.54, 1.807) is 19.2 Å². The van der Waals surface area contributed by atoms with Gasteiger partial charge < -0.3 is 5.32 Å². The molecule has 0 aliphatic heterocycles. The van der Waals surface area contributed by atoms with E-state index in [9.17, 15) is 8.42 Å². The Morgan fingerprint density at radius 2 is 2.28 bits per heavy atom. The van der Waals surface area contributed by atoms with Crippen molar-refractivity contribution in [1.82, 2.24) is 9.62 Å². The average molecular weight is 286 g/mol. The minimum atomic E-state index is -3.35. The number of rotatable bonds is 7. The van der Waals surface area contributed by atoms with Gasteiger partial charge in [0.2, 0.25) is 0 Å². The standard InChI is InChI=1S/C12H18N2O2S2/c1-3-8-14(2)18(15,16)12-7-6-11(17-12)9-13-10-4-5-10/h3,6-7,10,13H,1,4-5,8-9H2,2H3. The van der Waals surface area contributed by atoms with Crippen molar-refractivity contribution in [2.45, 2.75) is 29.6 Å². The zero-order chi connectivity index (χ0) is 13.2. The number of hydrogen-bond acceptors (Lipinski definition) is 4. The second kappa shape index (κ2) is 5.52. The van der Waals surface area contributed by atoms with Crippen LogP contribution in [0.5, 0.6) is 0 Å². The highest BCUT2D eigenvalue weighted by Gasteiger charge is 2.23.